The number of hydrogen-bond acceptors (Lipinski definition) is 7. The molecule has 2 bridgehead atoms. The summed E-state index contributed by atoms with van der Waals surface area (Å²) < 4.78 is 11.8. The number of ether oxygens (including phenoxy) is 2. The standard InChI is InChI=1S/C33H41N5O7/c1-20(2)28(36-30(40)21(3)37(4)19-39)33(43)38-16-14-27-29(38)32(42)35-25(17-22-9-7-6-8-10-22)31(41)34-15-13-23-18-24(45-27)11-12-26(23)44-5/h6-13,15,18-21,25,27-29H,14,16-17H2,1-5H3,(H,34,41)(H,35,42)(H,36,40)/b15-13-/t21-,25-,27+,28+,29-/m0/s1. The maximum Gasteiger partial charge on any atom is 0.247 e. The summed E-state index contributed by atoms with van der Waals surface area (Å²) in [7, 11) is 3.02. The van der Waals surface area contributed by atoms with E-state index in [-0.39, 0.29) is 18.9 Å². The van der Waals surface area contributed by atoms with E-state index < -0.39 is 53.9 Å². The number of carbonyl (C=O) groups excluding carboxylic acids is 5. The molecule has 1 fully saturated rings. The van der Waals surface area contributed by atoms with E-state index in [1.54, 1.807) is 45.0 Å². The zero-order valence-electron chi connectivity index (χ0n) is 26.2. The fraction of sp³-hybridized carbons (Fsp3) is 0.424. The van der Waals surface area contributed by atoms with Crippen LogP contribution in [0.25, 0.3) is 6.08 Å². The molecule has 0 unspecified atom stereocenters. The second-order valence-electron chi connectivity index (χ2n) is 11.6. The molecule has 0 aromatic heterocycles. The smallest absolute Gasteiger partial charge is 0.247 e. The van der Waals surface area contributed by atoms with E-state index in [9.17, 15) is 24.0 Å². The average molecular weight is 620 g/mol. The third-order valence-electron chi connectivity index (χ3n) is 8.17. The number of methoxy groups -OCH3 is 1. The number of nitrogens with zero attached hydrogens (tertiary/aromatic N) is 2. The first-order valence-electron chi connectivity index (χ1n) is 15.0. The lowest BCUT2D eigenvalue weighted by Gasteiger charge is -2.33. The molecule has 240 valence electrons. The van der Waals surface area contributed by atoms with Gasteiger partial charge in [-0.1, -0.05) is 44.2 Å². The normalized spacial score (nSPS) is 21.7. The van der Waals surface area contributed by atoms with Crippen molar-refractivity contribution in [2.45, 2.75) is 63.9 Å². The molecule has 0 radical (unpaired) electrons. The minimum absolute atomic E-state index is 0.183. The van der Waals surface area contributed by atoms with Crippen LogP contribution in [0.5, 0.6) is 11.5 Å². The summed E-state index contributed by atoms with van der Waals surface area (Å²) in [6, 6.07) is 10.6. The van der Waals surface area contributed by atoms with Crippen molar-refractivity contribution >= 4 is 36.1 Å². The summed E-state index contributed by atoms with van der Waals surface area (Å²) in [6.07, 6.45) is 3.51. The molecule has 2 aromatic rings. The summed E-state index contributed by atoms with van der Waals surface area (Å²) >= 11 is 0. The Balaban J connectivity index is 1.70. The fourth-order valence-electron chi connectivity index (χ4n) is 5.41. The van der Waals surface area contributed by atoms with Crippen LogP contribution in [0.2, 0.25) is 0 Å². The Hall–Kier alpha value is -4.87. The van der Waals surface area contributed by atoms with Gasteiger partial charge in [0.25, 0.3) is 0 Å². The predicted octanol–water partition coefficient (Wildman–Crippen LogP) is 1.49. The van der Waals surface area contributed by atoms with E-state index in [2.05, 4.69) is 16.0 Å². The van der Waals surface area contributed by atoms with Crippen LogP contribution in [0, 0.1) is 5.92 Å². The van der Waals surface area contributed by atoms with Gasteiger partial charge in [0.1, 0.15) is 41.8 Å². The van der Waals surface area contributed by atoms with Crippen LogP contribution in [-0.2, 0) is 30.4 Å². The second kappa shape index (κ2) is 14.7. The van der Waals surface area contributed by atoms with Gasteiger partial charge >= 0.3 is 0 Å². The molecule has 5 atom stereocenters. The number of likely N-dealkylation sites (N-methyl/N-ethyl adjacent to an activating group) is 1. The molecule has 2 aromatic carbocycles. The number of nitrogens with one attached hydrogen (secondary N) is 3. The van der Waals surface area contributed by atoms with Crippen molar-refractivity contribution in [2.75, 3.05) is 20.7 Å². The van der Waals surface area contributed by atoms with E-state index in [4.69, 9.17) is 9.47 Å². The maximum atomic E-state index is 14.1. The van der Waals surface area contributed by atoms with Crippen LogP contribution in [0.4, 0.5) is 0 Å². The van der Waals surface area contributed by atoms with Crippen molar-refractivity contribution in [1.82, 2.24) is 25.8 Å². The minimum atomic E-state index is -1.10. The number of benzene rings is 2. The molecule has 1 saturated heterocycles. The Labute approximate surface area is 263 Å². The van der Waals surface area contributed by atoms with Gasteiger partial charge in [-0.3, -0.25) is 24.0 Å². The van der Waals surface area contributed by atoms with Crippen LogP contribution in [0.1, 0.15) is 38.3 Å². The SMILES string of the molecule is COc1ccc2cc1/C=C\NC(=O)[C@H](Cc1ccccc1)NC(=O)[C@@H]1[C@@H](CCN1C(=O)[C@H](NC(=O)[C@H](C)N(C)C=O)C(C)C)O2. The number of hydrogen-bond donors (Lipinski definition) is 3. The molecule has 12 heteroatoms. The third-order valence-corrected chi connectivity index (χ3v) is 8.17. The third kappa shape index (κ3) is 7.81. The average Bonchev–Trinajstić information content (AvgIpc) is 3.45. The highest BCUT2D eigenvalue weighted by Gasteiger charge is 2.46. The monoisotopic (exact) mass is 619 g/mol. The van der Waals surface area contributed by atoms with Gasteiger partial charge in [0, 0.05) is 38.2 Å². The van der Waals surface area contributed by atoms with E-state index in [0.29, 0.717) is 29.9 Å². The number of rotatable bonds is 9. The molecular formula is C33H41N5O7. The van der Waals surface area contributed by atoms with Gasteiger partial charge in [-0.25, -0.2) is 0 Å². The molecule has 4 rings (SSSR count). The quantitative estimate of drug-likeness (QED) is 0.361. The summed E-state index contributed by atoms with van der Waals surface area (Å²) in [4.78, 5) is 68.4. The Bertz CT molecular complexity index is 1430. The summed E-state index contributed by atoms with van der Waals surface area (Å²) in [5.41, 5.74) is 1.48. The van der Waals surface area contributed by atoms with Crippen molar-refractivity contribution in [1.29, 1.82) is 0 Å². The Morgan fingerprint density at radius 1 is 1.13 bits per heavy atom. The fourth-order valence-corrected chi connectivity index (χ4v) is 5.41. The van der Waals surface area contributed by atoms with Gasteiger partial charge in [0.15, 0.2) is 0 Å². The van der Waals surface area contributed by atoms with Crippen LogP contribution < -0.4 is 25.4 Å². The molecule has 45 heavy (non-hydrogen) atoms. The van der Waals surface area contributed by atoms with Gasteiger partial charge in [-0.15, -0.1) is 0 Å². The highest BCUT2D eigenvalue weighted by Crippen LogP contribution is 2.30. The summed E-state index contributed by atoms with van der Waals surface area (Å²) in [5.74, 6) is -1.27. The van der Waals surface area contributed by atoms with Gasteiger partial charge in [-0.2, -0.15) is 0 Å². The van der Waals surface area contributed by atoms with Crippen molar-refractivity contribution in [3.63, 3.8) is 0 Å². The lowest BCUT2D eigenvalue weighted by atomic mass is 10.0. The second-order valence-corrected chi connectivity index (χ2v) is 11.6. The molecule has 12 nitrogen and oxygen atoms in total. The number of amides is 5. The zero-order chi connectivity index (χ0) is 32.7. The lowest BCUT2D eigenvalue weighted by Crippen LogP contribution is -2.60. The molecule has 2 aliphatic heterocycles. The maximum absolute atomic E-state index is 14.1. The lowest BCUT2D eigenvalue weighted by molar-refractivity contribution is -0.145. The highest BCUT2D eigenvalue weighted by atomic mass is 16.5. The number of fused-ring (bicyclic) bond motifs is 3. The predicted molar refractivity (Wildman–Crippen MR) is 167 cm³/mol. The Morgan fingerprint density at radius 2 is 1.87 bits per heavy atom. The van der Waals surface area contributed by atoms with Crippen LogP contribution in [0.15, 0.2) is 54.7 Å². The van der Waals surface area contributed by atoms with E-state index in [0.717, 1.165) is 5.56 Å². The molecule has 3 N–H and O–H groups in total. The molecular weight excluding hydrogens is 578 g/mol. The van der Waals surface area contributed by atoms with Gasteiger partial charge < -0.3 is 35.2 Å². The van der Waals surface area contributed by atoms with Crippen molar-refractivity contribution in [2.24, 2.45) is 5.92 Å². The topological polar surface area (TPSA) is 146 Å². The largest absolute Gasteiger partial charge is 0.496 e. The number of likely N-dealkylation sites (tertiary alicyclic amines) is 1. The minimum Gasteiger partial charge on any atom is -0.496 e. The van der Waals surface area contributed by atoms with Gasteiger partial charge in [0.05, 0.1) is 7.11 Å². The van der Waals surface area contributed by atoms with Gasteiger partial charge in [0.2, 0.25) is 30.0 Å². The molecule has 2 heterocycles. The van der Waals surface area contributed by atoms with Crippen LogP contribution in [-0.4, -0.2) is 90.8 Å². The van der Waals surface area contributed by atoms with E-state index in [1.807, 2.05) is 30.3 Å². The highest BCUT2D eigenvalue weighted by molar-refractivity contribution is 5.96. The first kappa shape index (κ1) is 33.0. The van der Waals surface area contributed by atoms with Crippen molar-refractivity contribution in [3.05, 3.63) is 65.9 Å². The molecule has 5 amide bonds. The van der Waals surface area contributed by atoms with E-state index in [1.165, 1.54) is 30.2 Å². The van der Waals surface area contributed by atoms with Crippen molar-refractivity contribution in [3.8, 4) is 11.5 Å². The van der Waals surface area contributed by atoms with Crippen molar-refractivity contribution < 1.29 is 33.4 Å². The Morgan fingerprint density at radius 3 is 2.53 bits per heavy atom. The van der Waals surface area contributed by atoms with Crippen LogP contribution in [0.3, 0.4) is 0 Å². The van der Waals surface area contributed by atoms with Crippen LogP contribution >= 0.6 is 0 Å². The number of carbonyl (C=O) groups is 5. The Kier molecular flexibility index (Phi) is 10.8. The summed E-state index contributed by atoms with van der Waals surface area (Å²) in [5, 5.41) is 8.40. The first-order valence-corrected chi connectivity index (χ1v) is 15.0. The molecule has 0 spiro atoms. The molecule has 0 aliphatic carbocycles. The summed E-state index contributed by atoms with van der Waals surface area (Å²) in [6.45, 7) is 5.32. The molecule has 2 aliphatic rings. The van der Waals surface area contributed by atoms with Gasteiger partial charge in [-0.05, 0) is 42.7 Å². The zero-order valence-corrected chi connectivity index (χ0v) is 26.2. The van der Waals surface area contributed by atoms with E-state index >= 15 is 0 Å². The molecule has 0 saturated carbocycles. The first-order chi connectivity index (χ1) is 21.5.